The van der Waals surface area contributed by atoms with Gasteiger partial charge in [0.2, 0.25) is 0 Å². The molecule has 0 heterocycles. The molecular formula is C26H32O6. The predicted octanol–water partition coefficient (Wildman–Crippen LogP) is 5.50. The van der Waals surface area contributed by atoms with E-state index in [-0.39, 0.29) is 11.8 Å². The Hall–Kier alpha value is -3.28. The molecule has 0 radical (unpaired) electrons. The van der Waals surface area contributed by atoms with Crippen molar-refractivity contribution in [2.24, 2.45) is 5.92 Å². The van der Waals surface area contributed by atoms with E-state index in [9.17, 15) is 0 Å². The molecule has 2 aromatic rings. The SMILES string of the molecule is COc1cc(OC)c(OC)cc1/C=C\[C@@H]1CCC=C[C@H]1c1cc(OC)c(OC)cc1OC. The van der Waals surface area contributed by atoms with Crippen LogP contribution in [-0.2, 0) is 0 Å². The second kappa shape index (κ2) is 10.8. The number of hydrogen-bond acceptors (Lipinski definition) is 6. The van der Waals surface area contributed by atoms with E-state index in [0.717, 1.165) is 35.5 Å². The second-order valence-corrected chi connectivity index (χ2v) is 7.45. The summed E-state index contributed by atoms with van der Waals surface area (Å²) in [5.41, 5.74) is 1.99. The lowest BCUT2D eigenvalue weighted by atomic mass is 9.78. The molecule has 2 aromatic carbocycles. The van der Waals surface area contributed by atoms with E-state index in [2.05, 4.69) is 24.3 Å². The smallest absolute Gasteiger partial charge is 0.164 e. The Kier molecular flexibility index (Phi) is 7.92. The van der Waals surface area contributed by atoms with Gasteiger partial charge in [0.15, 0.2) is 23.0 Å². The van der Waals surface area contributed by atoms with Crippen molar-refractivity contribution in [3.63, 3.8) is 0 Å². The van der Waals surface area contributed by atoms with Gasteiger partial charge in [0.25, 0.3) is 0 Å². The predicted molar refractivity (Wildman–Crippen MR) is 126 cm³/mol. The van der Waals surface area contributed by atoms with Gasteiger partial charge >= 0.3 is 0 Å². The lowest BCUT2D eigenvalue weighted by molar-refractivity contribution is 0.345. The minimum Gasteiger partial charge on any atom is -0.496 e. The summed E-state index contributed by atoms with van der Waals surface area (Å²) in [5, 5.41) is 0. The minimum atomic E-state index is 0.140. The Morgan fingerprint density at radius 3 is 1.78 bits per heavy atom. The summed E-state index contributed by atoms with van der Waals surface area (Å²) in [7, 11) is 9.84. The third-order valence-corrected chi connectivity index (χ3v) is 5.83. The summed E-state index contributed by atoms with van der Waals surface area (Å²) >= 11 is 0. The molecule has 6 nitrogen and oxygen atoms in total. The Balaban J connectivity index is 1.99. The molecule has 0 fully saturated rings. The Morgan fingerprint density at radius 1 is 0.656 bits per heavy atom. The van der Waals surface area contributed by atoms with Gasteiger partial charge in [0.05, 0.1) is 42.7 Å². The highest BCUT2D eigenvalue weighted by atomic mass is 16.5. The summed E-state index contributed by atoms with van der Waals surface area (Å²) in [5.74, 6) is 4.55. The second-order valence-electron chi connectivity index (χ2n) is 7.45. The highest BCUT2D eigenvalue weighted by molar-refractivity contribution is 5.64. The summed E-state index contributed by atoms with van der Waals surface area (Å²) in [6, 6.07) is 7.66. The zero-order valence-electron chi connectivity index (χ0n) is 19.6. The first kappa shape index (κ1) is 23.4. The van der Waals surface area contributed by atoms with E-state index in [1.165, 1.54) is 0 Å². The van der Waals surface area contributed by atoms with Crippen molar-refractivity contribution in [2.75, 3.05) is 42.7 Å². The van der Waals surface area contributed by atoms with Crippen molar-refractivity contribution in [2.45, 2.75) is 18.8 Å². The molecule has 0 unspecified atom stereocenters. The van der Waals surface area contributed by atoms with E-state index < -0.39 is 0 Å². The number of ether oxygens (including phenoxy) is 6. The molecule has 1 aliphatic carbocycles. The number of benzene rings is 2. The molecule has 0 saturated carbocycles. The third-order valence-electron chi connectivity index (χ3n) is 5.83. The molecule has 2 atom stereocenters. The molecule has 3 rings (SSSR count). The van der Waals surface area contributed by atoms with Gasteiger partial charge in [0.1, 0.15) is 11.5 Å². The van der Waals surface area contributed by atoms with Crippen LogP contribution >= 0.6 is 0 Å². The first-order valence-corrected chi connectivity index (χ1v) is 10.5. The van der Waals surface area contributed by atoms with E-state index >= 15 is 0 Å². The Bertz CT molecular complexity index is 979. The molecule has 0 N–H and O–H groups in total. The van der Waals surface area contributed by atoms with Crippen molar-refractivity contribution >= 4 is 6.08 Å². The van der Waals surface area contributed by atoms with Crippen molar-refractivity contribution in [3.05, 3.63) is 53.6 Å². The van der Waals surface area contributed by atoms with Crippen molar-refractivity contribution in [1.82, 2.24) is 0 Å². The highest BCUT2D eigenvalue weighted by Crippen LogP contribution is 2.44. The standard InChI is InChI=1S/C26H32O6/c1-27-21-15-25(31-5)23(29-3)13-18(21)12-11-17-9-7-8-10-19(17)20-14-24(30-4)26(32-6)16-22(20)28-2/h8,10-17,19H,7,9H2,1-6H3/b12-11-/t17-,19+/m0/s1. The van der Waals surface area contributed by atoms with Crippen LogP contribution < -0.4 is 28.4 Å². The van der Waals surface area contributed by atoms with Crippen molar-refractivity contribution in [1.29, 1.82) is 0 Å². The van der Waals surface area contributed by atoms with Crippen molar-refractivity contribution in [3.8, 4) is 34.5 Å². The average Bonchev–Trinajstić information content (AvgIpc) is 2.86. The van der Waals surface area contributed by atoms with E-state index in [1.54, 1.807) is 42.7 Å². The summed E-state index contributed by atoms with van der Waals surface area (Å²) < 4.78 is 33.1. The van der Waals surface area contributed by atoms with Crippen LogP contribution in [-0.4, -0.2) is 42.7 Å². The quantitative estimate of drug-likeness (QED) is 0.480. The fourth-order valence-electron chi connectivity index (χ4n) is 4.13. The Morgan fingerprint density at radius 2 is 1.19 bits per heavy atom. The molecule has 0 spiro atoms. The van der Waals surface area contributed by atoms with Gasteiger partial charge in [-0.3, -0.25) is 0 Å². The molecule has 0 bridgehead atoms. The minimum absolute atomic E-state index is 0.140. The van der Waals surface area contributed by atoms with Crippen LogP contribution in [0.15, 0.2) is 42.5 Å². The van der Waals surface area contributed by atoms with Gasteiger partial charge < -0.3 is 28.4 Å². The Labute approximate surface area is 190 Å². The molecule has 0 aliphatic heterocycles. The van der Waals surface area contributed by atoms with Crippen LogP contribution in [0.4, 0.5) is 0 Å². The molecule has 1 aliphatic rings. The summed E-state index contributed by atoms with van der Waals surface area (Å²) in [4.78, 5) is 0. The molecule has 0 amide bonds. The molecule has 172 valence electrons. The highest BCUT2D eigenvalue weighted by Gasteiger charge is 2.26. The maximum atomic E-state index is 5.70. The number of rotatable bonds is 9. The largest absolute Gasteiger partial charge is 0.496 e. The molecule has 32 heavy (non-hydrogen) atoms. The number of methoxy groups -OCH3 is 6. The number of allylic oxidation sites excluding steroid dienone is 3. The lowest BCUT2D eigenvalue weighted by Crippen LogP contribution is -2.13. The van der Waals surface area contributed by atoms with Gasteiger partial charge in [-0.1, -0.05) is 24.3 Å². The summed E-state index contributed by atoms with van der Waals surface area (Å²) in [6.45, 7) is 0. The molecule has 0 saturated heterocycles. The monoisotopic (exact) mass is 440 g/mol. The fourth-order valence-corrected chi connectivity index (χ4v) is 4.13. The fraction of sp³-hybridized carbons (Fsp3) is 0.385. The maximum Gasteiger partial charge on any atom is 0.164 e. The first-order valence-electron chi connectivity index (χ1n) is 10.5. The summed E-state index contributed by atoms with van der Waals surface area (Å²) in [6.07, 6.45) is 10.8. The van der Waals surface area contributed by atoms with Crippen LogP contribution in [0, 0.1) is 5.92 Å². The van der Waals surface area contributed by atoms with Gasteiger partial charge in [-0.25, -0.2) is 0 Å². The van der Waals surface area contributed by atoms with Crippen LogP contribution in [0.1, 0.15) is 29.9 Å². The van der Waals surface area contributed by atoms with E-state index in [4.69, 9.17) is 28.4 Å². The molecular weight excluding hydrogens is 408 g/mol. The zero-order chi connectivity index (χ0) is 23.1. The maximum absolute atomic E-state index is 5.70. The van der Waals surface area contributed by atoms with E-state index in [0.29, 0.717) is 23.0 Å². The van der Waals surface area contributed by atoms with Gasteiger partial charge in [-0.2, -0.15) is 0 Å². The van der Waals surface area contributed by atoms with Gasteiger partial charge in [-0.05, 0) is 30.9 Å². The average molecular weight is 441 g/mol. The first-order chi connectivity index (χ1) is 15.6. The van der Waals surface area contributed by atoms with Crippen LogP contribution in [0.25, 0.3) is 6.08 Å². The van der Waals surface area contributed by atoms with Gasteiger partial charge in [0, 0.05) is 29.2 Å². The van der Waals surface area contributed by atoms with Crippen molar-refractivity contribution < 1.29 is 28.4 Å². The molecule has 0 aromatic heterocycles. The van der Waals surface area contributed by atoms with Crippen LogP contribution in [0.2, 0.25) is 0 Å². The van der Waals surface area contributed by atoms with E-state index in [1.807, 2.05) is 24.3 Å². The van der Waals surface area contributed by atoms with Crippen LogP contribution in [0.3, 0.4) is 0 Å². The van der Waals surface area contributed by atoms with Gasteiger partial charge in [-0.15, -0.1) is 0 Å². The topological polar surface area (TPSA) is 55.4 Å². The zero-order valence-corrected chi connectivity index (χ0v) is 19.6. The lowest BCUT2D eigenvalue weighted by Gasteiger charge is -2.28. The normalized spacial score (nSPS) is 17.8. The number of hydrogen-bond donors (Lipinski definition) is 0. The van der Waals surface area contributed by atoms with Crippen LogP contribution in [0.5, 0.6) is 34.5 Å². The third kappa shape index (κ3) is 4.79. The molecule has 6 heteroatoms.